The topological polar surface area (TPSA) is 93.9 Å². The molecule has 3 aromatic rings. The van der Waals surface area contributed by atoms with Crippen LogP contribution in [0.4, 0.5) is 4.79 Å². The lowest BCUT2D eigenvalue weighted by molar-refractivity contribution is -0.122. The van der Waals surface area contributed by atoms with Gasteiger partial charge in [0.2, 0.25) is 0 Å². The SMILES string of the molecule is CCCCOC(=O)c1ccc(-c2ccc(/C=C3/SC(=O)N(CC(=O)c4ccccc4)C3=O)o2)cc1. The average molecular weight is 490 g/mol. The van der Waals surface area contributed by atoms with Crippen molar-refractivity contribution in [2.45, 2.75) is 19.8 Å². The predicted octanol–water partition coefficient (Wildman–Crippen LogP) is 5.82. The summed E-state index contributed by atoms with van der Waals surface area (Å²) >= 11 is 0.767. The number of nitrogens with zero attached hydrogens (tertiary/aromatic N) is 1. The summed E-state index contributed by atoms with van der Waals surface area (Å²) in [5, 5.41) is -0.501. The number of unbranched alkanes of at least 4 members (excludes halogenated alkanes) is 1. The number of Topliss-reactive ketones (excluding diaryl/α,β-unsaturated/α-hetero) is 1. The van der Waals surface area contributed by atoms with Gasteiger partial charge in [-0.3, -0.25) is 19.3 Å². The van der Waals surface area contributed by atoms with Gasteiger partial charge in [-0.05, 0) is 42.4 Å². The van der Waals surface area contributed by atoms with Crippen molar-refractivity contribution >= 4 is 40.7 Å². The van der Waals surface area contributed by atoms with Crippen LogP contribution in [0.15, 0.2) is 76.1 Å². The Morgan fingerprint density at radius 1 is 0.971 bits per heavy atom. The molecule has 4 rings (SSSR count). The monoisotopic (exact) mass is 489 g/mol. The van der Waals surface area contributed by atoms with E-state index in [-0.39, 0.29) is 23.2 Å². The highest BCUT2D eigenvalue weighted by molar-refractivity contribution is 8.18. The summed E-state index contributed by atoms with van der Waals surface area (Å²) < 4.78 is 11.0. The maximum absolute atomic E-state index is 12.7. The fourth-order valence-corrected chi connectivity index (χ4v) is 4.19. The predicted molar refractivity (Wildman–Crippen MR) is 133 cm³/mol. The maximum Gasteiger partial charge on any atom is 0.338 e. The molecule has 0 spiro atoms. The number of ketones is 1. The number of thioether (sulfide) groups is 1. The van der Waals surface area contributed by atoms with Gasteiger partial charge in [0.1, 0.15) is 11.5 Å². The summed E-state index contributed by atoms with van der Waals surface area (Å²) in [5.41, 5.74) is 1.64. The van der Waals surface area contributed by atoms with Crippen molar-refractivity contribution in [3.8, 4) is 11.3 Å². The normalized spacial score (nSPS) is 14.5. The summed E-state index contributed by atoms with van der Waals surface area (Å²) in [4.78, 5) is 50.7. The van der Waals surface area contributed by atoms with Gasteiger partial charge in [0.25, 0.3) is 11.1 Å². The second kappa shape index (κ2) is 11.0. The first-order valence-electron chi connectivity index (χ1n) is 11.2. The molecule has 0 aliphatic carbocycles. The number of hydrogen-bond acceptors (Lipinski definition) is 7. The molecule has 0 bridgehead atoms. The first kappa shape index (κ1) is 24.2. The molecule has 2 amide bonds. The van der Waals surface area contributed by atoms with Crippen LogP contribution < -0.4 is 0 Å². The minimum Gasteiger partial charge on any atom is -0.462 e. The second-order valence-electron chi connectivity index (χ2n) is 7.83. The number of furan rings is 1. The summed E-state index contributed by atoms with van der Waals surface area (Å²) in [6.45, 7) is 2.10. The van der Waals surface area contributed by atoms with Crippen LogP contribution in [0.5, 0.6) is 0 Å². The molecule has 1 saturated heterocycles. The van der Waals surface area contributed by atoms with E-state index < -0.39 is 11.1 Å². The number of rotatable bonds is 9. The number of esters is 1. The number of amides is 2. The number of ether oxygens (including phenoxy) is 1. The van der Waals surface area contributed by atoms with E-state index >= 15 is 0 Å². The Kier molecular flexibility index (Phi) is 7.62. The minimum atomic E-state index is -0.534. The van der Waals surface area contributed by atoms with Crippen LogP contribution in [0.1, 0.15) is 46.2 Å². The summed E-state index contributed by atoms with van der Waals surface area (Å²) in [6, 6.07) is 18.8. The van der Waals surface area contributed by atoms with Gasteiger partial charge in [0.05, 0.1) is 23.6 Å². The van der Waals surface area contributed by atoms with Crippen LogP contribution in [0.2, 0.25) is 0 Å². The summed E-state index contributed by atoms with van der Waals surface area (Å²) in [6.07, 6.45) is 3.26. The van der Waals surface area contributed by atoms with Gasteiger partial charge in [0, 0.05) is 17.2 Å². The van der Waals surface area contributed by atoms with Gasteiger partial charge in [-0.2, -0.15) is 0 Å². The van der Waals surface area contributed by atoms with Crippen molar-refractivity contribution in [1.82, 2.24) is 4.90 Å². The molecule has 0 N–H and O–H groups in total. The van der Waals surface area contributed by atoms with Crippen LogP contribution in [-0.2, 0) is 9.53 Å². The highest BCUT2D eigenvalue weighted by Crippen LogP contribution is 2.33. The van der Waals surface area contributed by atoms with E-state index in [4.69, 9.17) is 9.15 Å². The molecule has 7 nitrogen and oxygen atoms in total. The largest absolute Gasteiger partial charge is 0.462 e. The minimum absolute atomic E-state index is 0.182. The van der Waals surface area contributed by atoms with Crippen molar-refractivity contribution in [3.05, 3.63) is 88.5 Å². The highest BCUT2D eigenvalue weighted by atomic mass is 32.2. The Morgan fingerprint density at radius 2 is 1.71 bits per heavy atom. The summed E-state index contributed by atoms with van der Waals surface area (Å²) in [7, 11) is 0. The fraction of sp³-hybridized carbons (Fsp3) is 0.185. The van der Waals surface area contributed by atoms with Gasteiger partial charge in [0.15, 0.2) is 5.78 Å². The van der Waals surface area contributed by atoms with Gasteiger partial charge in [-0.15, -0.1) is 0 Å². The van der Waals surface area contributed by atoms with Gasteiger partial charge < -0.3 is 9.15 Å². The Bertz CT molecular complexity index is 1280. The van der Waals surface area contributed by atoms with Crippen LogP contribution >= 0.6 is 11.8 Å². The molecule has 1 aromatic heterocycles. The quantitative estimate of drug-likeness (QED) is 0.162. The zero-order valence-corrected chi connectivity index (χ0v) is 19.9. The number of carbonyl (C=O) groups is 4. The van der Waals surface area contributed by atoms with Crippen LogP contribution in [0, 0.1) is 0 Å². The molecule has 2 aromatic carbocycles. The van der Waals surface area contributed by atoms with E-state index in [2.05, 4.69) is 0 Å². The van der Waals surface area contributed by atoms with Crippen molar-refractivity contribution in [2.75, 3.05) is 13.2 Å². The van der Waals surface area contributed by atoms with Gasteiger partial charge >= 0.3 is 5.97 Å². The third-order valence-corrected chi connectivity index (χ3v) is 6.21. The molecule has 0 radical (unpaired) electrons. The molecule has 178 valence electrons. The molecular formula is C27H23NO6S. The van der Waals surface area contributed by atoms with E-state index in [1.54, 1.807) is 66.7 Å². The molecular weight excluding hydrogens is 466 g/mol. The zero-order chi connectivity index (χ0) is 24.8. The van der Waals surface area contributed by atoms with Gasteiger partial charge in [-0.1, -0.05) is 55.8 Å². The number of carbonyl (C=O) groups excluding carboxylic acids is 4. The molecule has 2 heterocycles. The third kappa shape index (κ3) is 5.78. The molecule has 8 heteroatoms. The lowest BCUT2D eigenvalue weighted by Crippen LogP contribution is -2.33. The van der Waals surface area contributed by atoms with Crippen molar-refractivity contribution < 1.29 is 28.3 Å². The first-order valence-corrected chi connectivity index (χ1v) is 12.0. The second-order valence-corrected chi connectivity index (χ2v) is 8.82. The van der Waals surface area contributed by atoms with Crippen molar-refractivity contribution in [1.29, 1.82) is 0 Å². The van der Waals surface area contributed by atoms with Crippen molar-refractivity contribution in [2.24, 2.45) is 0 Å². The lowest BCUT2D eigenvalue weighted by Gasteiger charge is -2.11. The van der Waals surface area contributed by atoms with Crippen LogP contribution in [0.25, 0.3) is 17.4 Å². The van der Waals surface area contributed by atoms with E-state index in [1.807, 2.05) is 6.92 Å². The Morgan fingerprint density at radius 3 is 2.43 bits per heavy atom. The van der Waals surface area contributed by atoms with Crippen LogP contribution in [0.3, 0.4) is 0 Å². The lowest BCUT2D eigenvalue weighted by atomic mass is 10.1. The number of imide groups is 1. The maximum atomic E-state index is 12.7. The molecule has 0 saturated carbocycles. The van der Waals surface area contributed by atoms with Crippen molar-refractivity contribution in [3.63, 3.8) is 0 Å². The van der Waals surface area contributed by atoms with E-state index in [9.17, 15) is 19.2 Å². The fourth-order valence-electron chi connectivity index (χ4n) is 3.37. The zero-order valence-electron chi connectivity index (χ0n) is 19.1. The smallest absolute Gasteiger partial charge is 0.338 e. The number of benzene rings is 2. The first-order chi connectivity index (χ1) is 17.0. The Labute approximate surface area is 206 Å². The molecule has 0 unspecified atom stereocenters. The third-order valence-electron chi connectivity index (χ3n) is 5.31. The van der Waals surface area contributed by atoms with E-state index in [0.29, 0.717) is 29.3 Å². The standard InChI is InChI=1S/C27H23NO6S/c1-2-3-15-33-26(31)20-11-9-19(10-12-20)23-14-13-21(34-23)16-24-25(30)28(27(32)35-24)17-22(29)18-7-5-4-6-8-18/h4-14,16H,2-3,15,17H2,1H3/b24-16+. The Balaban J connectivity index is 1.42. The van der Waals surface area contributed by atoms with Gasteiger partial charge in [-0.25, -0.2) is 4.79 Å². The number of hydrogen-bond donors (Lipinski definition) is 0. The summed E-state index contributed by atoms with van der Waals surface area (Å²) in [5.74, 6) is -0.282. The van der Waals surface area contributed by atoms with Crippen LogP contribution in [-0.4, -0.2) is 41.0 Å². The Hall–Kier alpha value is -3.91. The molecule has 1 fully saturated rings. The highest BCUT2D eigenvalue weighted by Gasteiger charge is 2.36. The van der Waals surface area contributed by atoms with E-state index in [0.717, 1.165) is 35.1 Å². The molecule has 35 heavy (non-hydrogen) atoms. The average Bonchev–Trinajstić information content (AvgIpc) is 3.45. The molecule has 1 aliphatic heterocycles. The molecule has 1 aliphatic rings. The van der Waals surface area contributed by atoms with E-state index in [1.165, 1.54) is 6.08 Å². The molecule has 0 atom stereocenters.